The summed E-state index contributed by atoms with van der Waals surface area (Å²) in [5.74, 6) is 0. The second-order valence-electron chi connectivity index (χ2n) is 4.48. The van der Waals surface area contributed by atoms with Gasteiger partial charge < -0.3 is 10.2 Å². The van der Waals surface area contributed by atoms with Crippen LogP contribution in [0.25, 0.3) is 0 Å². The lowest BCUT2D eigenvalue weighted by Crippen LogP contribution is -2.35. The van der Waals surface area contributed by atoms with E-state index < -0.39 is 0 Å². The van der Waals surface area contributed by atoms with Gasteiger partial charge in [-0.05, 0) is 18.9 Å². The molecule has 0 aromatic carbocycles. The lowest BCUT2D eigenvalue weighted by Gasteiger charge is -2.30. The number of hydrogen-bond donors (Lipinski definition) is 1. The lowest BCUT2D eigenvalue weighted by molar-refractivity contribution is 0.206. The van der Waals surface area contributed by atoms with E-state index in [1.807, 2.05) is 0 Å². The Morgan fingerprint density at radius 3 is 2.92 bits per heavy atom. The second-order valence-corrected chi connectivity index (χ2v) is 4.48. The average Bonchev–Trinajstić information content (AvgIpc) is 2.12. The van der Waals surface area contributed by atoms with E-state index in [2.05, 4.69) is 31.1 Å². The van der Waals surface area contributed by atoms with Crippen molar-refractivity contribution < 1.29 is 0 Å². The molecule has 2 nitrogen and oxygen atoms in total. The van der Waals surface area contributed by atoms with Crippen LogP contribution >= 0.6 is 0 Å². The van der Waals surface area contributed by atoms with Crippen LogP contribution in [0.15, 0.2) is 0 Å². The van der Waals surface area contributed by atoms with E-state index in [-0.39, 0.29) is 0 Å². The molecule has 12 heavy (non-hydrogen) atoms. The van der Waals surface area contributed by atoms with Gasteiger partial charge in [0.1, 0.15) is 0 Å². The molecule has 2 heteroatoms. The van der Waals surface area contributed by atoms with Gasteiger partial charge in [-0.15, -0.1) is 0 Å². The fraction of sp³-hybridized carbons (Fsp3) is 1.00. The summed E-state index contributed by atoms with van der Waals surface area (Å²) >= 11 is 0. The number of rotatable bonds is 2. The molecule has 0 saturated carbocycles. The number of nitrogens with zero attached hydrogens (tertiary/aromatic N) is 1. The van der Waals surface area contributed by atoms with Gasteiger partial charge in [-0.25, -0.2) is 0 Å². The van der Waals surface area contributed by atoms with Crippen molar-refractivity contribution in [2.75, 3.05) is 33.2 Å². The third kappa shape index (κ3) is 2.76. The molecule has 0 spiro atoms. The first-order valence-corrected chi connectivity index (χ1v) is 5.05. The van der Waals surface area contributed by atoms with Gasteiger partial charge in [-0.3, -0.25) is 0 Å². The molecule has 1 unspecified atom stereocenters. The minimum absolute atomic E-state index is 0.500. The number of nitrogens with one attached hydrogen (secondary N) is 1. The molecule has 0 radical (unpaired) electrons. The molecule has 0 aliphatic carbocycles. The highest BCUT2D eigenvalue weighted by Crippen LogP contribution is 2.24. The van der Waals surface area contributed by atoms with Crippen molar-refractivity contribution in [3.05, 3.63) is 0 Å². The smallest absolute Gasteiger partial charge is 0.0104 e. The molecule has 1 N–H and O–H groups in total. The summed E-state index contributed by atoms with van der Waals surface area (Å²) in [6, 6.07) is 0. The summed E-state index contributed by atoms with van der Waals surface area (Å²) in [5.41, 5.74) is 0.500. The molecule has 0 aromatic heterocycles. The van der Waals surface area contributed by atoms with Crippen LogP contribution in [0.1, 0.15) is 26.7 Å². The Balaban J connectivity index is 2.49. The van der Waals surface area contributed by atoms with E-state index in [0.29, 0.717) is 5.41 Å². The van der Waals surface area contributed by atoms with Gasteiger partial charge >= 0.3 is 0 Å². The van der Waals surface area contributed by atoms with Crippen LogP contribution in [0.3, 0.4) is 0 Å². The van der Waals surface area contributed by atoms with Crippen molar-refractivity contribution in [1.29, 1.82) is 0 Å². The third-order valence-electron chi connectivity index (χ3n) is 2.73. The Kier molecular flexibility index (Phi) is 3.53. The van der Waals surface area contributed by atoms with Crippen molar-refractivity contribution in [3.63, 3.8) is 0 Å². The highest BCUT2D eigenvalue weighted by molar-refractivity contribution is 4.82. The van der Waals surface area contributed by atoms with E-state index in [1.54, 1.807) is 0 Å². The summed E-state index contributed by atoms with van der Waals surface area (Å²) in [6.07, 6.45) is 2.64. The first-order valence-electron chi connectivity index (χ1n) is 5.05. The van der Waals surface area contributed by atoms with Crippen molar-refractivity contribution in [2.45, 2.75) is 26.7 Å². The van der Waals surface area contributed by atoms with E-state index in [1.165, 1.54) is 32.5 Å². The summed E-state index contributed by atoms with van der Waals surface area (Å²) in [4.78, 5) is 2.44. The van der Waals surface area contributed by atoms with Gasteiger partial charge in [0.05, 0.1) is 0 Å². The highest BCUT2D eigenvalue weighted by Gasteiger charge is 2.26. The molecule has 1 saturated heterocycles. The van der Waals surface area contributed by atoms with Crippen LogP contribution < -0.4 is 5.32 Å². The van der Waals surface area contributed by atoms with E-state index in [4.69, 9.17) is 0 Å². The van der Waals surface area contributed by atoms with E-state index in [9.17, 15) is 0 Å². The minimum atomic E-state index is 0.500. The Bertz CT molecular complexity index is 136. The average molecular weight is 170 g/mol. The molecule has 72 valence electrons. The van der Waals surface area contributed by atoms with Gasteiger partial charge in [0.25, 0.3) is 0 Å². The van der Waals surface area contributed by atoms with E-state index >= 15 is 0 Å². The van der Waals surface area contributed by atoms with Crippen molar-refractivity contribution >= 4 is 0 Å². The summed E-state index contributed by atoms with van der Waals surface area (Å²) in [6.45, 7) is 9.44. The zero-order chi connectivity index (χ0) is 9.03. The summed E-state index contributed by atoms with van der Waals surface area (Å²) in [5, 5.41) is 3.51. The molecule has 1 heterocycles. The normalized spacial score (nSPS) is 33.2. The monoisotopic (exact) mass is 170 g/mol. The quantitative estimate of drug-likeness (QED) is 0.672. The van der Waals surface area contributed by atoms with Gasteiger partial charge in [0, 0.05) is 26.2 Å². The Morgan fingerprint density at radius 1 is 1.50 bits per heavy atom. The zero-order valence-electron chi connectivity index (χ0n) is 8.69. The van der Waals surface area contributed by atoms with Crippen LogP contribution in [0.4, 0.5) is 0 Å². The van der Waals surface area contributed by atoms with Gasteiger partial charge in [-0.2, -0.15) is 0 Å². The molecular weight excluding hydrogens is 148 g/mol. The molecule has 0 aromatic rings. The molecule has 1 aliphatic rings. The highest BCUT2D eigenvalue weighted by atomic mass is 15.1. The Labute approximate surface area is 76.3 Å². The van der Waals surface area contributed by atoms with Gasteiger partial charge in [-0.1, -0.05) is 20.3 Å². The molecule has 1 aliphatic heterocycles. The maximum atomic E-state index is 3.51. The van der Waals surface area contributed by atoms with E-state index in [0.717, 1.165) is 6.54 Å². The lowest BCUT2D eigenvalue weighted by atomic mass is 9.85. The largest absolute Gasteiger partial charge is 0.315 e. The Morgan fingerprint density at radius 2 is 2.25 bits per heavy atom. The van der Waals surface area contributed by atoms with Crippen molar-refractivity contribution in [1.82, 2.24) is 10.2 Å². The topological polar surface area (TPSA) is 15.3 Å². The molecule has 1 fully saturated rings. The molecule has 0 amide bonds. The summed E-state index contributed by atoms with van der Waals surface area (Å²) < 4.78 is 0. The van der Waals surface area contributed by atoms with Crippen LogP contribution in [-0.4, -0.2) is 38.1 Å². The first-order chi connectivity index (χ1) is 5.66. The molecule has 1 atom stereocenters. The third-order valence-corrected chi connectivity index (χ3v) is 2.73. The van der Waals surface area contributed by atoms with Gasteiger partial charge in [0.2, 0.25) is 0 Å². The fourth-order valence-electron chi connectivity index (χ4n) is 2.22. The SMILES string of the molecule is CCCC1(C)CNCCN(C)C1. The van der Waals surface area contributed by atoms with Gasteiger partial charge in [0.15, 0.2) is 0 Å². The molecular formula is C10H22N2. The first kappa shape index (κ1) is 10.0. The fourth-order valence-corrected chi connectivity index (χ4v) is 2.22. The van der Waals surface area contributed by atoms with Crippen LogP contribution in [0.2, 0.25) is 0 Å². The Hall–Kier alpha value is -0.0800. The predicted molar refractivity (Wildman–Crippen MR) is 53.4 cm³/mol. The minimum Gasteiger partial charge on any atom is -0.315 e. The second kappa shape index (κ2) is 4.24. The maximum absolute atomic E-state index is 3.51. The van der Waals surface area contributed by atoms with Crippen LogP contribution in [-0.2, 0) is 0 Å². The predicted octanol–water partition coefficient (Wildman–Crippen LogP) is 1.33. The van der Waals surface area contributed by atoms with Crippen molar-refractivity contribution in [2.24, 2.45) is 5.41 Å². The van der Waals surface area contributed by atoms with Crippen LogP contribution in [0.5, 0.6) is 0 Å². The zero-order valence-corrected chi connectivity index (χ0v) is 8.69. The number of likely N-dealkylation sites (N-methyl/N-ethyl adjacent to an activating group) is 1. The molecule has 0 bridgehead atoms. The molecule has 1 rings (SSSR count). The summed E-state index contributed by atoms with van der Waals surface area (Å²) in [7, 11) is 2.22. The van der Waals surface area contributed by atoms with Crippen LogP contribution in [0, 0.1) is 5.41 Å². The number of hydrogen-bond acceptors (Lipinski definition) is 2. The van der Waals surface area contributed by atoms with Crippen molar-refractivity contribution in [3.8, 4) is 0 Å². The maximum Gasteiger partial charge on any atom is 0.0104 e. The standard InChI is InChI=1S/C10H22N2/c1-4-5-10(2)8-11-6-7-12(3)9-10/h11H,4-9H2,1-3H3.